The van der Waals surface area contributed by atoms with Gasteiger partial charge < -0.3 is 30.3 Å². The van der Waals surface area contributed by atoms with Gasteiger partial charge in [0, 0.05) is 22.8 Å². The van der Waals surface area contributed by atoms with Gasteiger partial charge in [-0.2, -0.15) is 0 Å². The molecule has 2 aliphatic carbocycles. The van der Waals surface area contributed by atoms with E-state index in [1.807, 2.05) is 0 Å². The first-order valence-electron chi connectivity index (χ1n) is 6.76. The number of phenols is 1. The number of hydrogen-bond acceptors (Lipinski definition) is 8. The normalized spacial score (nSPS) is 30.1. The van der Waals surface area contributed by atoms with E-state index >= 15 is 0 Å². The van der Waals surface area contributed by atoms with E-state index in [1.165, 1.54) is 13.2 Å². The Morgan fingerprint density at radius 3 is 1.96 bits per heavy atom. The van der Waals surface area contributed by atoms with Crippen LogP contribution in [0.4, 0.5) is 0 Å². The topological polar surface area (TPSA) is 145 Å². The third-order valence-corrected chi connectivity index (χ3v) is 4.17. The lowest BCUT2D eigenvalue weighted by atomic mass is 9.72. The summed E-state index contributed by atoms with van der Waals surface area (Å²) in [6.07, 6.45) is -7.33. The molecule has 3 rings (SSSR count). The highest BCUT2D eigenvalue weighted by atomic mass is 16.5. The maximum atomic E-state index is 12.6. The summed E-state index contributed by atoms with van der Waals surface area (Å²) in [5, 5.41) is 49.5. The predicted octanol–water partition coefficient (Wildman–Crippen LogP) is -1.47. The minimum atomic E-state index is -1.85. The van der Waals surface area contributed by atoms with Crippen molar-refractivity contribution in [2.45, 2.75) is 24.4 Å². The quantitative estimate of drug-likeness (QED) is 0.421. The van der Waals surface area contributed by atoms with Crippen molar-refractivity contribution in [2.24, 2.45) is 0 Å². The second-order valence-electron chi connectivity index (χ2n) is 5.43. The van der Waals surface area contributed by atoms with Crippen molar-refractivity contribution in [3.05, 3.63) is 34.4 Å². The first kappa shape index (κ1) is 15.6. The number of aliphatic hydroxyl groups is 4. The summed E-state index contributed by atoms with van der Waals surface area (Å²) in [4.78, 5) is 25.1. The van der Waals surface area contributed by atoms with Gasteiger partial charge in [-0.25, -0.2) is 0 Å². The Balaban J connectivity index is 2.27. The van der Waals surface area contributed by atoms with Crippen LogP contribution in [-0.4, -0.2) is 68.6 Å². The molecule has 4 atom stereocenters. The molecule has 0 heterocycles. The van der Waals surface area contributed by atoms with Crippen LogP contribution in [0.1, 0.15) is 20.7 Å². The van der Waals surface area contributed by atoms with Gasteiger partial charge in [-0.05, 0) is 6.07 Å². The van der Waals surface area contributed by atoms with Gasteiger partial charge in [0.15, 0.2) is 11.6 Å². The highest BCUT2D eigenvalue weighted by Crippen LogP contribution is 2.40. The van der Waals surface area contributed by atoms with Crippen LogP contribution in [0.3, 0.4) is 0 Å². The van der Waals surface area contributed by atoms with E-state index in [2.05, 4.69) is 0 Å². The van der Waals surface area contributed by atoms with Crippen molar-refractivity contribution in [3.8, 4) is 11.5 Å². The fourth-order valence-electron chi connectivity index (χ4n) is 2.96. The van der Waals surface area contributed by atoms with Crippen LogP contribution in [0.25, 0.3) is 0 Å². The number of ether oxygens (including phenoxy) is 1. The Hall–Kier alpha value is -2.26. The SMILES string of the molecule is COc1cc(O)c2c(c1)C(=O)C1=C(C2=O)[C@H](O)[C@@H](O)[C@@H](O)[C@@H]1O. The van der Waals surface area contributed by atoms with E-state index in [4.69, 9.17) is 4.74 Å². The first-order valence-corrected chi connectivity index (χ1v) is 6.76. The van der Waals surface area contributed by atoms with Crippen molar-refractivity contribution in [1.82, 2.24) is 0 Å². The summed E-state index contributed by atoms with van der Waals surface area (Å²) in [6.45, 7) is 0. The molecular weight excluding hydrogens is 308 g/mol. The van der Waals surface area contributed by atoms with Gasteiger partial charge in [0.2, 0.25) is 0 Å². The van der Waals surface area contributed by atoms with Crippen LogP contribution in [0.5, 0.6) is 11.5 Å². The largest absolute Gasteiger partial charge is 0.507 e. The van der Waals surface area contributed by atoms with Gasteiger partial charge in [-0.3, -0.25) is 9.59 Å². The monoisotopic (exact) mass is 322 g/mol. The van der Waals surface area contributed by atoms with Crippen LogP contribution in [0.15, 0.2) is 23.3 Å². The highest BCUT2D eigenvalue weighted by molar-refractivity contribution is 6.29. The summed E-state index contributed by atoms with van der Waals surface area (Å²) in [5.74, 6) is -2.13. The summed E-state index contributed by atoms with van der Waals surface area (Å²) in [6, 6.07) is 2.35. The Morgan fingerprint density at radius 2 is 1.43 bits per heavy atom. The first-order chi connectivity index (χ1) is 10.8. The Kier molecular flexibility index (Phi) is 3.49. The van der Waals surface area contributed by atoms with Crippen molar-refractivity contribution >= 4 is 11.6 Å². The summed E-state index contributed by atoms with van der Waals surface area (Å²) < 4.78 is 4.93. The molecule has 8 heteroatoms. The average Bonchev–Trinajstić information content (AvgIpc) is 2.53. The zero-order chi connectivity index (χ0) is 17.0. The number of Topliss-reactive ketones (excluding diaryl/α,β-unsaturated/α-hetero) is 2. The van der Waals surface area contributed by atoms with Gasteiger partial charge in [-0.1, -0.05) is 0 Å². The third kappa shape index (κ3) is 2.00. The number of fused-ring (bicyclic) bond motifs is 1. The molecule has 1 aromatic carbocycles. The number of aromatic hydroxyl groups is 1. The van der Waals surface area contributed by atoms with Gasteiger partial charge in [0.05, 0.1) is 12.7 Å². The fourth-order valence-corrected chi connectivity index (χ4v) is 2.96. The molecule has 8 nitrogen and oxygen atoms in total. The molecule has 2 aliphatic rings. The Bertz CT molecular complexity index is 750. The predicted molar refractivity (Wildman–Crippen MR) is 74.4 cm³/mol. The maximum absolute atomic E-state index is 12.6. The number of hydrogen-bond donors (Lipinski definition) is 5. The van der Waals surface area contributed by atoms with Crippen molar-refractivity contribution in [2.75, 3.05) is 7.11 Å². The molecule has 23 heavy (non-hydrogen) atoms. The minimum absolute atomic E-state index is 0.123. The van der Waals surface area contributed by atoms with Crippen LogP contribution >= 0.6 is 0 Å². The summed E-state index contributed by atoms with van der Waals surface area (Å²) in [7, 11) is 1.31. The van der Waals surface area contributed by atoms with E-state index in [9.17, 15) is 35.1 Å². The lowest BCUT2D eigenvalue weighted by molar-refractivity contribution is -0.0950. The molecule has 0 spiro atoms. The molecule has 5 N–H and O–H groups in total. The number of ketones is 2. The number of benzene rings is 1. The third-order valence-electron chi connectivity index (χ3n) is 4.17. The molecule has 0 saturated heterocycles. The summed E-state index contributed by atoms with van der Waals surface area (Å²) in [5.41, 5.74) is -1.56. The minimum Gasteiger partial charge on any atom is -0.507 e. The smallest absolute Gasteiger partial charge is 0.196 e. The molecule has 0 radical (unpaired) electrons. The van der Waals surface area contributed by atoms with Gasteiger partial charge in [-0.15, -0.1) is 0 Å². The second-order valence-corrected chi connectivity index (χ2v) is 5.43. The number of aliphatic hydroxyl groups excluding tert-OH is 4. The van der Waals surface area contributed by atoms with Crippen LogP contribution in [0.2, 0.25) is 0 Å². The van der Waals surface area contributed by atoms with Gasteiger partial charge >= 0.3 is 0 Å². The number of carbonyl (C=O) groups excluding carboxylic acids is 2. The Labute approximate surface area is 129 Å². The van der Waals surface area contributed by atoms with E-state index in [0.717, 1.165) is 6.07 Å². The second kappa shape index (κ2) is 5.14. The number of phenolic OH excluding ortho intramolecular Hbond substituents is 1. The van der Waals surface area contributed by atoms with Crippen LogP contribution in [0, 0.1) is 0 Å². The number of carbonyl (C=O) groups is 2. The molecule has 0 aliphatic heterocycles. The van der Waals surface area contributed by atoms with Crippen LogP contribution in [-0.2, 0) is 0 Å². The number of methoxy groups -OCH3 is 1. The Morgan fingerprint density at radius 1 is 0.913 bits per heavy atom. The zero-order valence-electron chi connectivity index (χ0n) is 11.9. The van der Waals surface area contributed by atoms with Crippen molar-refractivity contribution in [3.63, 3.8) is 0 Å². The molecular formula is C15H14O8. The molecule has 0 fully saturated rings. The molecule has 0 unspecified atom stereocenters. The molecule has 0 bridgehead atoms. The van der Waals surface area contributed by atoms with E-state index in [-0.39, 0.29) is 16.9 Å². The number of rotatable bonds is 1. The van der Waals surface area contributed by atoms with Gasteiger partial charge in [0.25, 0.3) is 0 Å². The maximum Gasteiger partial charge on any atom is 0.196 e. The van der Waals surface area contributed by atoms with Gasteiger partial charge in [0.1, 0.15) is 35.9 Å². The molecule has 122 valence electrons. The lowest BCUT2D eigenvalue weighted by Gasteiger charge is -2.37. The molecule has 1 aromatic rings. The van der Waals surface area contributed by atoms with E-state index < -0.39 is 52.9 Å². The fraction of sp³-hybridized carbons (Fsp3) is 0.333. The summed E-state index contributed by atoms with van der Waals surface area (Å²) >= 11 is 0. The lowest BCUT2D eigenvalue weighted by Crippen LogP contribution is -2.54. The van der Waals surface area contributed by atoms with Crippen LogP contribution < -0.4 is 4.74 Å². The van der Waals surface area contributed by atoms with Crippen molar-refractivity contribution in [1.29, 1.82) is 0 Å². The van der Waals surface area contributed by atoms with E-state index in [1.54, 1.807) is 0 Å². The zero-order valence-corrected chi connectivity index (χ0v) is 11.9. The molecule has 0 saturated carbocycles. The van der Waals surface area contributed by atoms with Crippen molar-refractivity contribution < 1.29 is 39.9 Å². The standard InChI is InChI=1S/C15H14O8/c1-23-4-2-5-7(6(16)3-4)11(18)9-8(10(5)17)12(19)14(21)15(22)13(9)20/h2-3,12-16,19-22H,1H3/t12-,13+,14+,15-/m1/s1. The molecule has 0 amide bonds. The average molecular weight is 322 g/mol. The molecule has 0 aromatic heterocycles. The highest BCUT2D eigenvalue weighted by Gasteiger charge is 2.49. The van der Waals surface area contributed by atoms with E-state index in [0.29, 0.717) is 0 Å².